The average molecular weight is 881 g/mol. The zero-order valence-electron chi connectivity index (χ0n) is 40.5. The summed E-state index contributed by atoms with van der Waals surface area (Å²) in [5, 5.41) is 0. The fraction of sp³-hybridized carbons (Fsp3) is 0.534. The molecule has 0 aromatic heterocycles. The Kier molecular flexibility index (Phi) is 47.2. The van der Waals surface area contributed by atoms with Gasteiger partial charge in [-0.1, -0.05) is 199 Å². The quantitative estimate of drug-likeness (QED) is 0.0200. The highest BCUT2D eigenvalue weighted by molar-refractivity contribution is 5.71. The Morgan fingerprint density at radius 2 is 0.656 bits per heavy atom. The maximum Gasteiger partial charge on any atom is 0.306 e. The van der Waals surface area contributed by atoms with E-state index in [4.69, 9.17) is 14.2 Å². The highest BCUT2D eigenvalue weighted by atomic mass is 16.6. The third-order valence-electron chi connectivity index (χ3n) is 9.66. The van der Waals surface area contributed by atoms with E-state index in [-0.39, 0.29) is 44.0 Å². The van der Waals surface area contributed by atoms with Crippen LogP contribution < -0.4 is 0 Å². The van der Waals surface area contributed by atoms with E-state index < -0.39 is 6.10 Å². The SMILES string of the molecule is CC\C=C/C=C\C=C/C=C\CCCCCCCC(=O)OC(COC(=O)CCC/C=C\C/C=C\C/C=C\C/C=C\C/C=C\CC)COC(=O)CCCCCC/C=C\C/C=C\C/C=C\CC. The Bertz CT molecular complexity index is 1480. The van der Waals surface area contributed by atoms with Crippen LogP contribution in [0.25, 0.3) is 0 Å². The Hall–Kier alpha value is -4.71. The van der Waals surface area contributed by atoms with Crippen LogP contribution in [0.15, 0.2) is 146 Å². The van der Waals surface area contributed by atoms with Crippen LogP contribution in [0.5, 0.6) is 0 Å². The van der Waals surface area contributed by atoms with Gasteiger partial charge in [0.15, 0.2) is 6.10 Å². The largest absolute Gasteiger partial charge is 0.462 e. The third-order valence-corrected chi connectivity index (χ3v) is 9.66. The monoisotopic (exact) mass is 881 g/mol. The summed E-state index contributed by atoms with van der Waals surface area (Å²) in [5.41, 5.74) is 0. The second-order valence-electron chi connectivity index (χ2n) is 15.7. The summed E-state index contributed by atoms with van der Waals surface area (Å²) in [7, 11) is 0. The molecule has 6 nitrogen and oxygen atoms in total. The molecular formula is C58H88O6. The van der Waals surface area contributed by atoms with E-state index in [1.54, 1.807) is 0 Å². The van der Waals surface area contributed by atoms with Crippen molar-refractivity contribution in [3.63, 3.8) is 0 Å². The predicted octanol–water partition coefficient (Wildman–Crippen LogP) is 16.5. The van der Waals surface area contributed by atoms with E-state index in [0.29, 0.717) is 12.8 Å². The molecule has 0 saturated carbocycles. The van der Waals surface area contributed by atoms with E-state index in [1.165, 1.54) is 0 Å². The Labute approximate surface area is 391 Å². The number of carbonyl (C=O) groups is 3. The van der Waals surface area contributed by atoms with Crippen LogP contribution in [-0.4, -0.2) is 37.2 Å². The smallest absolute Gasteiger partial charge is 0.306 e. The maximum absolute atomic E-state index is 12.8. The first-order valence-electron chi connectivity index (χ1n) is 24.9. The Morgan fingerprint density at radius 1 is 0.328 bits per heavy atom. The van der Waals surface area contributed by atoms with Crippen molar-refractivity contribution in [2.24, 2.45) is 0 Å². The molecule has 0 aliphatic heterocycles. The van der Waals surface area contributed by atoms with Crippen molar-refractivity contribution in [2.45, 2.75) is 187 Å². The lowest BCUT2D eigenvalue weighted by Gasteiger charge is -2.18. The molecule has 6 heteroatoms. The number of carbonyl (C=O) groups excluding carboxylic acids is 3. The van der Waals surface area contributed by atoms with Gasteiger partial charge >= 0.3 is 17.9 Å². The van der Waals surface area contributed by atoms with Crippen molar-refractivity contribution in [3.8, 4) is 0 Å². The molecule has 64 heavy (non-hydrogen) atoms. The van der Waals surface area contributed by atoms with Crippen molar-refractivity contribution >= 4 is 17.9 Å². The van der Waals surface area contributed by atoms with Gasteiger partial charge in [-0.05, 0) is 109 Å². The number of rotatable bonds is 42. The van der Waals surface area contributed by atoms with E-state index in [1.807, 2.05) is 24.3 Å². The Morgan fingerprint density at radius 3 is 1.12 bits per heavy atom. The van der Waals surface area contributed by atoms with Crippen molar-refractivity contribution in [1.82, 2.24) is 0 Å². The number of allylic oxidation sites excluding steroid dienone is 24. The van der Waals surface area contributed by atoms with Gasteiger partial charge in [0.1, 0.15) is 13.2 Å². The van der Waals surface area contributed by atoms with Crippen LogP contribution >= 0.6 is 0 Å². The van der Waals surface area contributed by atoms with Gasteiger partial charge in [0.2, 0.25) is 0 Å². The van der Waals surface area contributed by atoms with Gasteiger partial charge in [0.25, 0.3) is 0 Å². The lowest BCUT2D eigenvalue weighted by molar-refractivity contribution is -0.167. The zero-order chi connectivity index (χ0) is 46.5. The highest BCUT2D eigenvalue weighted by Crippen LogP contribution is 2.12. The summed E-state index contributed by atoms with van der Waals surface area (Å²) in [6.07, 6.45) is 72.6. The van der Waals surface area contributed by atoms with E-state index in [2.05, 4.69) is 142 Å². The lowest BCUT2D eigenvalue weighted by Crippen LogP contribution is -2.30. The van der Waals surface area contributed by atoms with Crippen molar-refractivity contribution < 1.29 is 28.6 Å². The van der Waals surface area contributed by atoms with E-state index in [0.717, 1.165) is 135 Å². The third kappa shape index (κ3) is 48.3. The molecule has 0 aliphatic carbocycles. The standard InChI is InChI=1S/C58H88O6/c1-4-7-10-13-16-19-22-25-28-29-31-33-36-39-42-45-48-51-57(60)63-54-55(53-62-56(59)50-47-44-41-38-35-32-27-24-21-18-15-12-9-6-3)64-58(61)52-49-46-43-40-37-34-30-26-23-20-17-14-11-8-5-2/h7-12,14,16-21,23,25-28,30-33,39,42,55H,4-6,13,15,22,24,29,34-38,40-41,43-54H2,1-3H3/b10-7-,11-8-,12-9-,17-14-,19-16-,21-18-,23-20-,28-25-,30-26-,32-27-,33-31-,42-39-. The molecule has 0 aromatic rings. The number of ether oxygens (including phenoxy) is 3. The van der Waals surface area contributed by atoms with Crippen molar-refractivity contribution in [1.29, 1.82) is 0 Å². The minimum absolute atomic E-state index is 0.124. The molecule has 0 bridgehead atoms. The maximum atomic E-state index is 12.8. The highest BCUT2D eigenvalue weighted by Gasteiger charge is 2.19. The van der Waals surface area contributed by atoms with E-state index >= 15 is 0 Å². The second-order valence-corrected chi connectivity index (χ2v) is 15.7. The lowest BCUT2D eigenvalue weighted by atomic mass is 10.1. The molecule has 0 saturated heterocycles. The van der Waals surface area contributed by atoms with Gasteiger partial charge in [-0.3, -0.25) is 14.4 Å². The normalized spacial score (nSPS) is 13.4. The van der Waals surface area contributed by atoms with Crippen LogP contribution in [0.3, 0.4) is 0 Å². The van der Waals surface area contributed by atoms with Crippen LogP contribution in [-0.2, 0) is 28.6 Å². The van der Waals surface area contributed by atoms with Gasteiger partial charge < -0.3 is 14.2 Å². The Balaban J connectivity index is 4.60. The molecule has 0 N–H and O–H groups in total. The molecule has 0 radical (unpaired) electrons. The molecular weight excluding hydrogens is 793 g/mol. The van der Waals surface area contributed by atoms with Crippen LogP contribution in [0, 0.1) is 0 Å². The summed E-state index contributed by atoms with van der Waals surface area (Å²) in [4.78, 5) is 37.9. The summed E-state index contributed by atoms with van der Waals surface area (Å²) in [6.45, 7) is 6.15. The first-order valence-corrected chi connectivity index (χ1v) is 24.9. The number of unbranched alkanes of at least 4 members (excludes halogenated alkanes) is 10. The fourth-order valence-corrected chi connectivity index (χ4v) is 6.03. The summed E-state index contributed by atoms with van der Waals surface area (Å²) in [5.74, 6) is -1.04. The number of hydrogen-bond acceptors (Lipinski definition) is 6. The summed E-state index contributed by atoms with van der Waals surface area (Å²) >= 11 is 0. The first kappa shape index (κ1) is 59.3. The van der Waals surface area contributed by atoms with Gasteiger partial charge in [-0.2, -0.15) is 0 Å². The second kappa shape index (κ2) is 50.9. The molecule has 1 atom stereocenters. The fourth-order valence-electron chi connectivity index (χ4n) is 6.03. The van der Waals surface area contributed by atoms with Gasteiger partial charge in [0.05, 0.1) is 0 Å². The molecule has 0 heterocycles. The average Bonchev–Trinajstić information content (AvgIpc) is 3.29. The first-order chi connectivity index (χ1) is 31.5. The molecule has 0 aliphatic rings. The number of hydrogen-bond donors (Lipinski definition) is 0. The summed E-state index contributed by atoms with van der Waals surface area (Å²) in [6, 6.07) is 0. The van der Waals surface area contributed by atoms with Crippen LogP contribution in [0.4, 0.5) is 0 Å². The molecule has 0 rings (SSSR count). The molecule has 356 valence electrons. The van der Waals surface area contributed by atoms with E-state index in [9.17, 15) is 14.4 Å². The zero-order valence-corrected chi connectivity index (χ0v) is 40.5. The molecule has 0 spiro atoms. The minimum Gasteiger partial charge on any atom is -0.462 e. The topological polar surface area (TPSA) is 78.9 Å². The van der Waals surface area contributed by atoms with Crippen molar-refractivity contribution in [3.05, 3.63) is 146 Å². The predicted molar refractivity (Wildman–Crippen MR) is 274 cm³/mol. The van der Waals surface area contributed by atoms with Crippen molar-refractivity contribution in [2.75, 3.05) is 13.2 Å². The molecule has 0 fully saturated rings. The van der Waals surface area contributed by atoms with Gasteiger partial charge in [-0.15, -0.1) is 0 Å². The molecule has 1 unspecified atom stereocenters. The molecule has 0 amide bonds. The number of esters is 3. The van der Waals surface area contributed by atoms with Gasteiger partial charge in [0, 0.05) is 19.3 Å². The minimum atomic E-state index is -0.829. The van der Waals surface area contributed by atoms with Crippen LogP contribution in [0.2, 0.25) is 0 Å². The summed E-state index contributed by atoms with van der Waals surface area (Å²) < 4.78 is 16.7. The molecule has 0 aromatic carbocycles. The van der Waals surface area contributed by atoms with Gasteiger partial charge in [-0.25, -0.2) is 0 Å². The van der Waals surface area contributed by atoms with Crippen LogP contribution in [0.1, 0.15) is 181 Å².